The molecule has 0 rings (SSSR count). The highest BCUT2D eigenvalue weighted by atomic mass is 16.5. The number of aliphatic hydroxyl groups excluding tert-OH is 2. The molecule has 0 aliphatic heterocycles. The van der Waals surface area contributed by atoms with Crippen molar-refractivity contribution in [2.45, 2.75) is 315 Å². The van der Waals surface area contributed by atoms with Crippen LogP contribution in [0.4, 0.5) is 0 Å². The van der Waals surface area contributed by atoms with Gasteiger partial charge in [-0.1, -0.05) is 256 Å². The van der Waals surface area contributed by atoms with Crippen LogP contribution in [0.25, 0.3) is 0 Å². The second-order valence-electron chi connectivity index (χ2n) is 19.3. The van der Waals surface area contributed by atoms with Crippen LogP contribution >= 0.6 is 0 Å². The van der Waals surface area contributed by atoms with Crippen molar-refractivity contribution in [3.63, 3.8) is 0 Å². The van der Waals surface area contributed by atoms with Crippen molar-refractivity contribution in [2.24, 2.45) is 0 Å². The van der Waals surface area contributed by atoms with Crippen LogP contribution in [0.5, 0.6) is 0 Å². The van der Waals surface area contributed by atoms with Crippen molar-refractivity contribution >= 4 is 11.9 Å². The van der Waals surface area contributed by atoms with Crippen LogP contribution in [0.15, 0.2) is 24.3 Å². The van der Waals surface area contributed by atoms with Gasteiger partial charge in [0.2, 0.25) is 5.91 Å². The Kier molecular flexibility index (Phi) is 51.6. The molecule has 0 radical (unpaired) electrons. The number of hydrogen-bond acceptors (Lipinski definition) is 5. The largest absolute Gasteiger partial charge is 0.466 e. The van der Waals surface area contributed by atoms with Gasteiger partial charge in [0.05, 0.1) is 25.4 Å². The summed E-state index contributed by atoms with van der Waals surface area (Å²) in [6.07, 6.45) is 63.4. The molecule has 0 aliphatic rings. The van der Waals surface area contributed by atoms with E-state index in [2.05, 4.69) is 31.3 Å². The maximum absolute atomic E-state index is 12.4. The third-order valence-electron chi connectivity index (χ3n) is 13.0. The van der Waals surface area contributed by atoms with Gasteiger partial charge in [0.1, 0.15) is 0 Å². The van der Waals surface area contributed by atoms with Crippen molar-refractivity contribution in [3.05, 3.63) is 24.3 Å². The summed E-state index contributed by atoms with van der Waals surface area (Å²) in [4.78, 5) is 24.4. The number of unbranched alkanes of at least 4 members (excludes halogenated alkanes) is 39. The summed E-state index contributed by atoms with van der Waals surface area (Å²) in [7, 11) is 0. The summed E-state index contributed by atoms with van der Waals surface area (Å²) in [6.45, 7) is 4.88. The van der Waals surface area contributed by atoms with E-state index < -0.39 is 12.1 Å². The van der Waals surface area contributed by atoms with Crippen LogP contribution in [0, 0.1) is 0 Å². The molecule has 6 nitrogen and oxygen atoms in total. The first-order valence-corrected chi connectivity index (χ1v) is 28.1. The highest BCUT2D eigenvalue weighted by molar-refractivity contribution is 5.76. The molecule has 1 amide bonds. The number of esters is 1. The maximum atomic E-state index is 12.4. The molecule has 3 N–H and O–H groups in total. The lowest BCUT2D eigenvalue weighted by Gasteiger charge is -2.20. The molecule has 372 valence electrons. The predicted octanol–water partition coefficient (Wildman–Crippen LogP) is 17.1. The Bertz CT molecular complexity index is 982. The van der Waals surface area contributed by atoms with Gasteiger partial charge >= 0.3 is 5.97 Å². The number of ether oxygens (including phenoxy) is 1. The minimum absolute atomic E-state index is 0.00265. The van der Waals surface area contributed by atoms with E-state index in [1.807, 2.05) is 6.08 Å². The van der Waals surface area contributed by atoms with E-state index in [4.69, 9.17) is 4.74 Å². The number of amides is 1. The predicted molar refractivity (Wildman–Crippen MR) is 273 cm³/mol. The van der Waals surface area contributed by atoms with E-state index in [0.29, 0.717) is 19.4 Å². The van der Waals surface area contributed by atoms with Crippen molar-refractivity contribution in [1.82, 2.24) is 5.32 Å². The smallest absolute Gasteiger partial charge is 0.305 e. The third-order valence-corrected chi connectivity index (χ3v) is 13.0. The summed E-state index contributed by atoms with van der Waals surface area (Å²) < 4.78 is 5.47. The second-order valence-corrected chi connectivity index (χ2v) is 19.3. The molecular formula is C57H109NO5. The lowest BCUT2D eigenvalue weighted by Crippen LogP contribution is -2.45. The van der Waals surface area contributed by atoms with Gasteiger partial charge in [0.15, 0.2) is 0 Å². The van der Waals surface area contributed by atoms with Gasteiger partial charge < -0.3 is 20.3 Å². The lowest BCUT2D eigenvalue weighted by atomic mass is 10.0. The number of rotatable bonds is 52. The summed E-state index contributed by atoms with van der Waals surface area (Å²) in [5, 5.41) is 23.0. The van der Waals surface area contributed by atoms with Gasteiger partial charge in [-0.3, -0.25) is 9.59 Å². The maximum Gasteiger partial charge on any atom is 0.305 e. The van der Waals surface area contributed by atoms with E-state index in [0.717, 1.165) is 44.9 Å². The van der Waals surface area contributed by atoms with Gasteiger partial charge in [-0.05, 0) is 57.8 Å². The minimum atomic E-state index is -0.843. The third kappa shape index (κ3) is 49.6. The van der Waals surface area contributed by atoms with Crippen LogP contribution in [0.2, 0.25) is 0 Å². The van der Waals surface area contributed by atoms with E-state index in [-0.39, 0.29) is 18.5 Å². The zero-order chi connectivity index (χ0) is 45.8. The molecule has 0 fully saturated rings. The standard InChI is InChI=1S/C57H109NO5/c1-3-5-7-9-11-13-15-16-27-31-35-39-43-47-51-57(62)63-52-48-44-40-36-32-28-25-23-21-19-17-18-20-22-24-26-30-34-38-42-46-50-56(61)58-54(53-59)55(60)49-45-41-37-33-29-14-12-10-8-6-4-2/h15-16,45,49,54-55,59-60H,3-14,17-44,46-48,50-53H2,1-2H3,(H,58,61)/b16-15-,49-45+. The Hall–Kier alpha value is -1.66. The van der Waals surface area contributed by atoms with Crippen LogP contribution < -0.4 is 5.32 Å². The molecule has 0 saturated carbocycles. The van der Waals surface area contributed by atoms with Crippen molar-refractivity contribution in [3.8, 4) is 0 Å². The van der Waals surface area contributed by atoms with Crippen molar-refractivity contribution in [2.75, 3.05) is 13.2 Å². The number of allylic oxidation sites excluding steroid dienone is 3. The first-order valence-electron chi connectivity index (χ1n) is 28.1. The fourth-order valence-electron chi connectivity index (χ4n) is 8.63. The molecule has 0 aliphatic carbocycles. The average molecular weight is 889 g/mol. The van der Waals surface area contributed by atoms with Crippen LogP contribution in [-0.4, -0.2) is 47.4 Å². The molecule has 0 aromatic rings. The lowest BCUT2D eigenvalue weighted by molar-refractivity contribution is -0.143. The number of carbonyl (C=O) groups excluding carboxylic acids is 2. The van der Waals surface area contributed by atoms with Gasteiger partial charge in [-0.25, -0.2) is 0 Å². The molecule has 0 saturated heterocycles. The molecule has 2 atom stereocenters. The number of carbonyl (C=O) groups is 2. The Morgan fingerprint density at radius 2 is 0.746 bits per heavy atom. The number of aliphatic hydroxyl groups is 2. The van der Waals surface area contributed by atoms with E-state index in [1.54, 1.807) is 6.08 Å². The fraction of sp³-hybridized carbons (Fsp3) is 0.895. The van der Waals surface area contributed by atoms with Gasteiger partial charge in [0, 0.05) is 12.8 Å². The first kappa shape index (κ1) is 61.3. The van der Waals surface area contributed by atoms with Crippen molar-refractivity contribution in [1.29, 1.82) is 0 Å². The Labute approximate surface area is 392 Å². The Morgan fingerprint density at radius 1 is 0.429 bits per heavy atom. The topological polar surface area (TPSA) is 95.9 Å². The molecule has 0 spiro atoms. The molecule has 0 aromatic heterocycles. The quantitative estimate of drug-likeness (QED) is 0.0321. The molecular weight excluding hydrogens is 779 g/mol. The molecule has 0 bridgehead atoms. The summed E-state index contributed by atoms with van der Waals surface area (Å²) >= 11 is 0. The highest BCUT2D eigenvalue weighted by Gasteiger charge is 2.18. The Morgan fingerprint density at radius 3 is 1.13 bits per heavy atom. The van der Waals surface area contributed by atoms with Gasteiger partial charge in [0.25, 0.3) is 0 Å². The SMILES string of the molecule is CCCCCCC/C=C\CCCCCCCC(=O)OCCCCCCCCCCCCCCCCCCCCCCCC(=O)NC(CO)C(O)/C=C/CCCCCCCCCCC. The summed E-state index contributed by atoms with van der Waals surface area (Å²) in [5.41, 5.74) is 0. The molecule has 63 heavy (non-hydrogen) atoms. The summed E-state index contributed by atoms with van der Waals surface area (Å²) in [5.74, 6) is -0.0673. The van der Waals surface area contributed by atoms with E-state index in [9.17, 15) is 19.8 Å². The fourth-order valence-corrected chi connectivity index (χ4v) is 8.63. The minimum Gasteiger partial charge on any atom is -0.466 e. The van der Waals surface area contributed by atoms with E-state index >= 15 is 0 Å². The zero-order valence-electron chi connectivity index (χ0n) is 42.3. The van der Waals surface area contributed by atoms with Crippen LogP contribution in [0.1, 0.15) is 303 Å². The average Bonchev–Trinajstić information content (AvgIpc) is 3.28. The van der Waals surface area contributed by atoms with E-state index in [1.165, 1.54) is 231 Å². The van der Waals surface area contributed by atoms with Crippen LogP contribution in [0.3, 0.4) is 0 Å². The van der Waals surface area contributed by atoms with Crippen LogP contribution in [-0.2, 0) is 14.3 Å². The number of hydrogen-bond donors (Lipinski definition) is 3. The second kappa shape index (κ2) is 53.0. The molecule has 0 aromatic carbocycles. The normalized spacial score (nSPS) is 12.8. The monoisotopic (exact) mass is 888 g/mol. The zero-order valence-corrected chi connectivity index (χ0v) is 42.3. The number of nitrogens with one attached hydrogen (secondary N) is 1. The van der Waals surface area contributed by atoms with Gasteiger partial charge in [-0.15, -0.1) is 0 Å². The molecule has 0 heterocycles. The Balaban J connectivity index is 3.39. The van der Waals surface area contributed by atoms with Crippen molar-refractivity contribution < 1.29 is 24.5 Å². The summed E-state index contributed by atoms with van der Waals surface area (Å²) in [6, 6.07) is -0.627. The molecule has 2 unspecified atom stereocenters. The molecule has 6 heteroatoms. The van der Waals surface area contributed by atoms with Gasteiger partial charge in [-0.2, -0.15) is 0 Å². The first-order chi connectivity index (χ1) is 31.0. The highest BCUT2D eigenvalue weighted by Crippen LogP contribution is 2.17.